The summed E-state index contributed by atoms with van der Waals surface area (Å²) >= 11 is 0. The molecule has 0 heterocycles. The van der Waals surface area contributed by atoms with Gasteiger partial charge in [-0.1, -0.05) is 0 Å². The van der Waals surface area contributed by atoms with Crippen molar-refractivity contribution in [1.82, 2.24) is 0 Å². The van der Waals surface area contributed by atoms with Crippen molar-refractivity contribution in [1.29, 1.82) is 0 Å². The van der Waals surface area contributed by atoms with Gasteiger partial charge in [0, 0.05) is 12.1 Å². The molecule has 0 unspecified atom stereocenters. The molecule has 0 aromatic heterocycles. The summed E-state index contributed by atoms with van der Waals surface area (Å²) in [5.41, 5.74) is 8.22. The van der Waals surface area contributed by atoms with Crippen LogP contribution in [-0.2, 0) is 12.7 Å². The molecule has 14 heavy (non-hydrogen) atoms. The van der Waals surface area contributed by atoms with Crippen LogP contribution in [0.25, 0.3) is 0 Å². The van der Waals surface area contributed by atoms with Gasteiger partial charge in [-0.3, -0.25) is 0 Å². The summed E-state index contributed by atoms with van der Waals surface area (Å²) in [7, 11) is 0. The molecule has 0 aliphatic carbocycles. The Balaban J connectivity index is 3.36. The molecule has 0 aliphatic rings. The maximum absolute atomic E-state index is 12.9. The second-order valence-electron chi connectivity index (χ2n) is 2.69. The maximum atomic E-state index is 12.9. The summed E-state index contributed by atoms with van der Waals surface area (Å²) in [4.78, 5) is 0. The first-order valence-corrected chi connectivity index (χ1v) is 3.72. The number of nitrogens with two attached hydrogens (primary N) is 2. The minimum absolute atomic E-state index is 0.306. The van der Waals surface area contributed by atoms with Crippen molar-refractivity contribution in [2.45, 2.75) is 12.7 Å². The Morgan fingerprint density at radius 1 is 1.21 bits per heavy atom. The number of hydrogen-bond donors (Lipinski definition) is 2. The smallest absolute Gasteiger partial charge is 0.398 e. The Morgan fingerprint density at radius 3 is 2.21 bits per heavy atom. The third-order valence-electron chi connectivity index (χ3n) is 1.81. The Labute approximate surface area is 77.5 Å². The number of nitrogen functional groups attached to an aromatic ring is 1. The molecular formula is C8H8F4N2. The van der Waals surface area contributed by atoms with E-state index in [9.17, 15) is 17.6 Å². The van der Waals surface area contributed by atoms with E-state index in [2.05, 4.69) is 0 Å². The highest BCUT2D eigenvalue weighted by molar-refractivity contribution is 5.55. The van der Waals surface area contributed by atoms with Crippen molar-refractivity contribution < 1.29 is 17.6 Å². The number of benzene rings is 1. The van der Waals surface area contributed by atoms with Gasteiger partial charge in [-0.2, -0.15) is 13.2 Å². The van der Waals surface area contributed by atoms with Crippen molar-refractivity contribution in [2.75, 3.05) is 5.73 Å². The third-order valence-corrected chi connectivity index (χ3v) is 1.81. The van der Waals surface area contributed by atoms with E-state index in [0.717, 1.165) is 0 Å². The fourth-order valence-electron chi connectivity index (χ4n) is 1.09. The summed E-state index contributed by atoms with van der Waals surface area (Å²) in [6, 6.07) is 1.31. The summed E-state index contributed by atoms with van der Waals surface area (Å²) in [6.07, 6.45) is -4.58. The molecule has 4 N–H and O–H groups in total. The molecule has 0 saturated carbocycles. The minimum atomic E-state index is -4.58. The molecule has 0 spiro atoms. The molecule has 1 aromatic rings. The Morgan fingerprint density at radius 2 is 1.79 bits per heavy atom. The molecule has 0 bridgehead atoms. The molecule has 0 aliphatic heterocycles. The number of halogens is 4. The number of anilines is 1. The van der Waals surface area contributed by atoms with E-state index in [4.69, 9.17) is 11.5 Å². The van der Waals surface area contributed by atoms with Gasteiger partial charge in [0.1, 0.15) is 5.82 Å². The minimum Gasteiger partial charge on any atom is -0.398 e. The fourth-order valence-corrected chi connectivity index (χ4v) is 1.09. The normalized spacial score (nSPS) is 11.8. The predicted molar refractivity (Wildman–Crippen MR) is 43.7 cm³/mol. The zero-order chi connectivity index (χ0) is 10.9. The average molecular weight is 208 g/mol. The molecule has 0 saturated heterocycles. The van der Waals surface area contributed by atoms with Crippen LogP contribution >= 0.6 is 0 Å². The number of hydrogen-bond acceptors (Lipinski definition) is 2. The molecule has 0 radical (unpaired) electrons. The van der Waals surface area contributed by atoms with Gasteiger partial charge < -0.3 is 11.5 Å². The van der Waals surface area contributed by atoms with Crippen molar-refractivity contribution in [3.05, 3.63) is 29.1 Å². The standard InChI is InChI=1S/C8H8F4N2/c9-6-2-1-5(8(10,11)12)7(14)4(6)3-13/h1-2H,3,13-14H2. The van der Waals surface area contributed by atoms with E-state index < -0.39 is 23.2 Å². The Kier molecular flexibility index (Phi) is 2.66. The molecule has 1 aromatic carbocycles. The fraction of sp³-hybridized carbons (Fsp3) is 0.250. The van der Waals surface area contributed by atoms with E-state index in [1.54, 1.807) is 0 Å². The molecule has 0 atom stereocenters. The second kappa shape index (κ2) is 3.45. The highest BCUT2D eigenvalue weighted by Gasteiger charge is 2.34. The first kappa shape index (κ1) is 10.8. The van der Waals surface area contributed by atoms with Crippen molar-refractivity contribution >= 4 is 5.69 Å². The molecule has 0 amide bonds. The van der Waals surface area contributed by atoms with Gasteiger partial charge in [-0.05, 0) is 12.1 Å². The first-order valence-electron chi connectivity index (χ1n) is 3.72. The van der Waals surface area contributed by atoms with Gasteiger partial charge in [0.25, 0.3) is 0 Å². The van der Waals surface area contributed by atoms with Gasteiger partial charge in [-0.25, -0.2) is 4.39 Å². The van der Waals surface area contributed by atoms with Gasteiger partial charge in [0.15, 0.2) is 0 Å². The monoisotopic (exact) mass is 208 g/mol. The summed E-state index contributed by atoms with van der Waals surface area (Å²) < 4.78 is 49.7. The van der Waals surface area contributed by atoms with Crippen LogP contribution in [0.3, 0.4) is 0 Å². The molecular weight excluding hydrogens is 200 g/mol. The molecule has 0 fully saturated rings. The summed E-state index contributed by atoms with van der Waals surface area (Å²) in [5.74, 6) is -0.821. The van der Waals surface area contributed by atoms with E-state index in [-0.39, 0.29) is 12.1 Å². The topological polar surface area (TPSA) is 52.0 Å². The lowest BCUT2D eigenvalue weighted by atomic mass is 10.1. The zero-order valence-electron chi connectivity index (χ0n) is 7.03. The van der Waals surface area contributed by atoms with Gasteiger partial charge in [-0.15, -0.1) is 0 Å². The molecule has 1 rings (SSSR count). The Hall–Kier alpha value is -1.30. The van der Waals surface area contributed by atoms with Crippen LogP contribution in [-0.4, -0.2) is 0 Å². The predicted octanol–water partition coefficient (Wildman–Crippen LogP) is 1.89. The number of rotatable bonds is 1. The lowest BCUT2D eigenvalue weighted by Gasteiger charge is -2.13. The van der Waals surface area contributed by atoms with Crippen LogP contribution in [0.5, 0.6) is 0 Å². The highest BCUT2D eigenvalue weighted by atomic mass is 19.4. The SMILES string of the molecule is NCc1c(F)ccc(C(F)(F)F)c1N. The maximum Gasteiger partial charge on any atom is 0.418 e. The highest BCUT2D eigenvalue weighted by Crippen LogP contribution is 2.35. The van der Waals surface area contributed by atoms with E-state index in [1.807, 2.05) is 0 Å². The van der Waals surface area contributed by atoms with Crippen LogP contribution in [0.2, 0.25) is 0 Å². The summed E-state index contributed by atoms with van der Waals surface area (Å²) in [6.45, 7) is -0.360. The van der Waals surface area contributed by atoms with Crippen molar-refractivity contribution in [3.63, 3.8) is 0 Å². The van der Waals surface area contributed by atoms with Crippen LogP contribution in [0.15, 0.2) is 12.1 Å². The second-order valence-corrected chi connectivity index (χ2v) is 2.69. The van der Waals surface area contributed by atoms with Crippen molar-refractivity contribution in [3.8, 4) is 0 Å². The molecule has 2 nitrogen and oxygen atoms in total. The Bertz CT molecular complexity index is 346. The van der Waals surface area contributed by atoms with Crippen LogP contribution < -0.4 is 11.5 Å². The third kappa shape index (κ3) is 1.79. The lowest BCUT2D eigenvalue weighted by Crippen LogP contribution is -2.13. The van der Waals surface area contributed by atoms with Crippen LogP contribution in [0.4, 0.5) is 23.2 Å². The number of alkyl halides is 3. The van der Waals surface area contributed by atoms with E-state index in [1.165, 1.54) is 0 Å². The zero-order valence-corrected chi connectivity index (χ0v) is 7.03. The van der Waals surface area contributed by atoms with Gasteiger partial charge >= 0.3 is 6.18 Å². The molecule has 78 valence electrons. The summed E-state index contributed by atoms with van der Waals surface area (Å²) in [5, 5.41) is 0. The van der Waals surface area contributed by atoms with E-state index in [0.29, 0.717) is 12.1 Å². The van der Waals surface area contributed by atoms with E-state index >= 15 is 0 Å². The average Bonchev–Trinajstić information content (AvgIpc) is 2.02. The van der Waals surface area contributed by atoms with Gasteiger partial charge in [0.05, 0.1) is 11.3 Å². The van der Waals surface area contributed by atoms with Crippen LogP contribution in [0, 0.1) is 5.82 Å². The quantitative estimate of drug-likeness (QED) is 0.547. The van der Waals surface area contributed by atoms with Crippen molar-refractivity contribution in [2.24, 2.45) is 5.73 Å². The van der Waals surface area contributed by atoms with Gasteiger partial charge in [0.2, 0.25) is 0 Å². The largest absolute Gasteiger partial charge is 0.418 e. The van der Waals surface area contributed by atoms with Crippen LogP contribution in [0.1, 0.15) is 11.1 Å². The first-order chi connectivity index (χ1) is 6.38. The lowest BCUT2D eigenvalue weighted by molar-refractivity contribution is -0.137. The molecule has 6 heteroatoms.